The lowest BCUT2D eigenvalue weighted by atomic mass is 10.1. The maximum absolute atomic E-state index is 13.9. The summed E-state index contributed by atoms with van der Waals surface area (Å²) in [4.78, 5) is 2.02. The van der Waals surface area contributed by atoms with Crippen LogP contribution >= 0.6 is 0 Å². The zero-order valence-electron chi connectivity index (χ0n) is 17.9. The average Bonchev–Trinajstić information content (AvgIpc) is 2.59. The molecule has 0 bridgehead atoms. The largest absolute Gasteiger partial charge is 0.491 e. The topological polar surface area (TPSA) is 21.7 Å². The molecule has 0 amide bonds. The minimum Gasteiger partial charge on any atom is -0.491 e. The Kier molecular flexibility index (Phi) is 7.25. The molecule has 2 rings (SSSR count). The summed E-state index contributed by atoms with van der Waals surface area (Å²) in [5.74, 6) is 0.551. The summed E-state index contributed by atoms with van der Waals surface area (Å²) >= 11 is 0. The first kappa shape index (κ1) is 22.0. The lowest BCUT2D eigenvalue weighted by Gasteiger charge is -2.28. The SMILES string of the molecule is C=C(C)N(Cc1cc(C)ccc1OCCOC(C)(C)C)c1cc(F)ccc1C. The van der Waals surface area contributed by atoms with Gasteiger partial charge in [-0.3, -0.25) is 0 Å². The van der Waals surface area contributed by atoms with Crippen molar-refractivity contribution in [3.8, 4) is 5.75 Å². The van der Waals surface area contributed by atoms with Crippen molar-refractivity contribution in [2.75, 3.05) is 18.1 Å². The van der Waals surface area contributed by atoms with Crippen LogP contribution in [0.25, 0.3) is 0 Å². The van der Waals surface area contributed by atoms with Crippen molar-refractivity contribution in [2.24, 2.45) is 0 Å². The molecule has 4 heteroatoms. The van der Waals surface area contributed by atoms with Crippen LogP contribution in [0.4, 0.5) is 10.1 Å². The van der Waals surface area contributed by atoms with Crippen molar-refractivity contribution in [1.82, 2.24) is 0 Å². The van der Waals surface area contributed by atoms with Gasteiger partial charge in [0.1, 0.15) is 18.2 Å². The molecule has 0 atom stereocenters. The van der Waals surface area contributed by atoms with Crippen LogP contribution in [0.1, 0.15) is 44.4 Å². The number of allylic oxidation sites excluding steroid dienone is 1. The second-order valence-electron chi connectivity index (χ2n) is 8.17. The van der Waals surface area contributed by atoms with E-state index in [2.05, 4.69) is 19.6 Å². The van der Waals surface area contributed by atoms with Crippen molar-refractivity contribution >= 4 is 5.69 Å². The van der Waals surface area contributed by atoms with E-state index in [0.29, 0.717) is 19.8 Å². The van der Waals surface area contributed by atoms with E-state index in [0.717, 1.165) is 33.8 Å². The zero-order valence-corrected chi connectivity index (χ0v) is 17.9. The van der Waals surface area contributed by atoms with Gasteiger partial charge in [-0.15, -0.1) is 0 Å². The zero-order chi connectivity index (χ0) is 20.9. The van der Waals surface area contributed by atoms with Crippen LogP contribution in [0.2, 0.25) is 0 Å². The number of benzene rings is 2. The fourth-order valence-corrected chi connectivity index (χ4v) is 2.94. The van der Waals surface area contributed by atoms with E-state index in [-0.39, 0.29) is 11.4 Å². The molecule has 28 heavy (non-hydrogen) atoms. The van der Waals surface area contributed by atoms with Gasteiger partial charge >= 0.3 is 0 Å². The lowest BCUT2D eigenvalue weighted by Crippen LogP contribution is -2.23. The maximum atomic E-state index is 13.9. The molecule has 0 N–H and O–H groups in total. The Balaban J connectivity index is 2.23. The minimum atomic E-state index is -0.258. The quantitative estimate of drug-likeness (QED) is 0.507. The highest BCUT2D eigenvalue weighted by Gasteiger charge is 2.16. The molecule has 0 fully saturated rings. The first-order chi connectivity index (χ1) is 13.1. The Morgan fingerprint density at radius 1 is 1.07 bits per heavy atom. The molecule has 0 aliphatic rings. The molecule has 0 aliphatic carbocycles. The lowest BCUT2D eigenvalue weighted by molar-refractivity contribution is -0.0163. The standard InChI is InChI=1S/C24H32FNO2/c1-17(2)26(22-15-21(25)10-9-19(22)4)16-20-14-18(3)8-11-23(20)27-12-13-28-24(5,6)7/h8-11,14-15H,1,12-13,16H2,2-7H3. The fraction of sp³-hybridized carbons (Fsp3) is 0.417. The molecule has 0 unspecified atom stereocenters. The van der Waals surface area contributed by atoms with Crippen molar-refractivity contribution in [3.63, 3.8) is 0 Å². The third kappa shape index (κ3) is 6.38. The number of ether oxygens (including phenoxy) is 2. The van der Waals surface area contributed by atoms with Gasteiger partial charge in [0.25, 0.3) is 0 Å². The van der Waals surface area contributed by atoms with Gasteiger partial charge in [0.15, 0.2) is 0 Å². The van der Waals surface area contributed by atoms with E-state index in [1.807, 2.05) is 51.7 Å². The van der Waals surface area contributed by atoms with Crippen molar-refractivity contribution < 1.29 is 13.9 Å². The predicted molar refractivity (Wildman–Crippen MR) is 115 cm³/mol. The molecule has 2 aromatic rings. The molecule has 0 aromatic heterocycles. The van der Waals surface area contributed by atoms with E-state index in [1.165, 1.54) is 6.07 Å². The number of aryl methyl sites for hydroxylation is 2. The van der Waals surface area contributed by atoms with Crippen molar-refractivity contribution in [3.05, 3.63) is 71.2 Å². The molecule has 0 saturated heterocycles. The monoisotopic (exact) mass is 385 g/mol. The van der Waals surface area contributed by atoms with Gasteiger partial charge in [-0.05, 0) is 65.3 Å². The van der Waals surface area contributed by atoms with Gasteiger partial charge in [-0.25, -0.2) is 4.39 Å². The summed E-state index contributed by atoms with van der Waals surface area (Å²) in [5, 5.41) is 0. The smallest absolute Gasteiger partial charge is 0.125 e. The number of anilines is 1. The average molecular weight is 386 g/mol. The Bertz CT molecular complexity index is 824. The van der Waals surface area contributed by atoms with Crippen LogP contribution in [0.15, 0.2) is 48.7 Å². The van der Waals surface area contributed by atoms with Gasteiger partial charge in [0.2, 0.25) is 0 Å². The highest BCUT2D eigenvalue weighted by atomic mass is 19.1. The highest BCUT2D eigenvalue weighted by molar-refractivity contribution is 5.58. The number of hydrogen-bond donors (Lipinski definition) is 0. The van der Waals surface area contributed by atoms with Crippen molar-refractivity contribution in [2.45, 2.75) is 53.7 Å². The summed E-state index contributed by atoms with van der Waals surface area (Å²) in [6, 6.07) is 10.9. The Hall–Kier alpha value is -2.33. The second-order valence-corrected chi connectivity index (χ2v) is 8.17. The first-order valence-electron chi connectivity index (χ1n) is 9.62. The summed E-state index contributed by atoms with van der Waals surface area (Å²) in [5.41, 5.74) is 4.64. The summed E-state index contributed by atoms with van der Waals surface area (Å²) in [6.07, 6.45) is 0. The van der Waals surface area contributed by atoms with Gasteiger partial charge in [-0.1, -0.05) is 30.3 Å². The molecule has 0 aliphatic heterocycles. The van der Waals surface area contributed by atoms with Gasteiger partial charge < -0.3 is 14.4 Å². The molecular formula is C24H32FNO2. The summed E-state index contributed by atoms with van der Waals surface area (Å²) in [7, 11) is 0. The highest BCUT2D eigenvalue weighted by Crippen LogP contribution is 2.29. The van der Waals surface area contributed by atoms with E-state index >= 15 is 0 Å². The second kappa shape index (κ2) is 9.24. The summed E-state index contributed by atoms with van der Waals surface area (Å²) < 4.78 is 25.6. The first-order valence-corrected chi connectivity index (χ1v) is 9.62. The number of hydrogen-bond acceptors (Lipinski definition) is 3. The van der Waals surface area contributed by atoms with Crippen LogP contribution in [0.3, 0.4) is 0 Å². The molecule has 152 valence electrons. The number of halogens is 1. The molecule has 3 nitrogen and oxygen atoms in total. The minimum absolute atomic E-state index is 0.189. The van der Waals surface area contributed by atoms with Crippen LogP contribution in [-0.2, 0) is 11.3 Å². The predicted octanol–water partition coefficient (Wildman–Crippen LogP) is 6.18. The van der Waals surface area contributed by atoms with Gasteiger partial charge in [0, 0.05) is 16.9 Å². The van der Waals surface area contributed by atoms with Crippen molar-refractivity contribution in [1.29, 1.82) is 0 Å². The Morgan fingerprint density at radius 3 is 2.43 bits per heavy atom. The van der Waals surface area contributed by atoms with E-state index in [9.17, 15) is 4.39 Å². The number of nitrogens with zero attached hydrogens (tertiary/aromatic N) is 1. The molecular weight excluding hydrogens is 353 g/mol. The normalized spacial score (nSPS) is 11.4. The Morgan fingerprint density at radius 2 is 1.79 bits per heavy atom. The molecule has 0 heterocycles. The third-order valence-corrected chi connectivity index (χ3v) is 4.34. The molecule has 0 spiro atoms. The van der Waals surface area contributed by atoms with Gasteiger partial charge in [0.05, 0.1) is 18.8 Å². The van der Waals surface area contributed by atoms with E-state index in [1.54, 1.807) is 12.1 Å². The molecule has 0 saturated carbocycles. The van der Waals surface area contributed by atoms with Crippen LogP contribution in [0, 0.1) is 19.7 Å². The maximum Gasteiger partial charge on any atom is 0.125 e. The molecule has 2 aromatic carbocycles. The van der Waals surface area contributed by atoms with E-state index < -0.39 is 0 Å². The number of rotatable bonds is 8. The van der Waals surface area contributed by atoms with Gasteiger partial charge in [-0.2, -0.15) is 0 Å². The molecule has 0 radical (unpaired) electrons. The summed E-state index contributed by atoms with van der Waals surface area (Å²) in [6.45, 7) is 17.7. The van der Waals surface area contributed by atoms with E-state index in [4.69, 9.17) is 9.47 Å². The van der Waals surface area contributed by atoms with Crippen LogP contribution in [0.5, 0.6) is 5.75 Å². The Labute approximate surface area is 168 Å². The third-order valence-electron chi connectivity index (χ3n) is 4.34. The van der Waals surface area contributed by atoms with Crippen LogP contribution in [-0.4, -0.2) is 18.8 Å². The fourth-order valence-electron chi connectivity index (χ4n) is 2.94. The van der Waals surface area contributed by atoms with Crippen LogP contribution < -0.4 is 9.64 Å².